The van der Waals surface area contributed by atoms with Gasteiger partial charge in [-0.05, 0) is 25.1 Å². The number of hydrogen-bond acceptors (Lipinski definition) is 5. The number of nitrogens with two attached hydrogens (primary N) is 1. The third-order valence-electron chi connectivity index (χ3n) is 2.37. The second-order valence-electron chi connectivity index (χ2n) is 3.97. The third-order valence-corrected chi connectivity index (χ3v) is 3.28. The fraction of sp³-hybridized carbons (Fsp3) is 0.273. The number of benzene rings is 1. The first-order valence-corrected chi connectivity index (χ1v) is 7.21. The minimum absolute atomic E-state index is 0.345. The lowest BCUT2D eigenvalue weighted by Gasteiger charge is -2.14. The number of sulfonamides is 1. The number of halogens is 1. The summed E-state index contributed by atoms with van der Waals surface area (Å²) < 4.78 is 40.8. The molecule has 1 aromatic carbocycles. The van der Waals surface area contributed by atoms with E-state index in [1.165, 1.54) is 14.0 Å². The summed E-state index contributed by atoms with van der Waals surface area (Å²) >= 11 is 0. The molecular formula is C11H14FN3O5S. The Labute approximate surface area is 120 Å². The highest BCUT2D eigenvalue weighted by molar-refractivity contribution is 7.89. The molecular weight excluding hydrogens is 305 g/mol. The van der Waals surface area contributed by atoms with Crippen LogP contribution >= 0.6 is 0 Å². The summed E-state index contributed by atoms with van der Waals surface area (Å²) in [4.78, 5) is 22.0. The second kappa shape index (κ2) is 6.50. The topological polar surface area (TPSA) is 128 Å². The van der Waals surface area contributed by atoms with E-state index in [9.17, 15) is 22.4 Å². The standard InChI is InChI=1S/C11H14FN3O5S/c1-6(10(16)15-11(17)14-2)20-9-4-3-7(5-8(9)12)21(13,18)19/h3-6H,1-2H3,(H2,13,18,19)(H2,14,15,16,17). The Morgan fingerprint density at radius 2 is 2.00 bits per heavy atom. The average molecular weight is 319 g/mol. The first-order valence-electron chi connectivity index (χ1n) is 5.66. The summed E-state index contributed by atoms with van der Waals surface area (Å²) in [6, 6.07) is 2.00. The monoisotopic (exact) mass is 319 g/mol. The maximum atomic E-state index is 13.7. The van der Waals surface area contributed by atoms with Gasteiger partial charge in [-0.15, -0.1) is 0 Å². The van der Waals surface area contributed by atoms with Crippen LogP contribution in [0.15, 0.2) is 23.1 Å². The quantitative estimate of drug-likeness (QED) is 0.702. The molecule has 0 aliphatic rings. The van der Waals surface area contributed by atoms with Gasteiger partial charge in [0.25, 0.3) is 5.91 Å². The van der Waals surface area contributed by atoms with Gasteiger partial charge in [0.1, 0.15) is 0 Å². The van der Waals surface area contributed by atoms with E-state index in [4.69, 9.17) is 9.88 Å². The number of hydrogen-bond donors (Lipinski definition) is 3. The molecule has 10 heteroatoms. The van der Waals surface area contributed by atoms with Crippen molar-refractivity contribution in [3.8, 4) is 5.75 Å². The summed E-state index contributed by atoms with van der Waals surface area (Å²) in [7, 11) is -2.71. The largest absolute Gasteiger partial charge is 0.478 e. The van der Waals surface area contributed by atoms with Gasteiger partial charge in [-0.25, -0.2) is 22.7 Å². The van der Waals surface area contributed by atoms with Crippen LogP contribution in [0.25, 0.3) is 0 Å². The molecule has 0 aromatic heterocycles. The molecule has 1 atom stereocenters. The van der Waals surface area contributed by atoms with Crippen LogP contribution in [0, 0.1) is 5.82 Å². The molecule has 116 valence electrons. The lowest BCUT2D eigenvalue weighted by atomic mass is 10.3. The summed E-state index contributed by atoms with van der Waals surface area (Å²) in [5.74, 6) is -2.13. The highest BCUT2D eigenvalue weighted by atomic mass is 32.2. The van der Waals surface area contributed by atoms with Gasteiger partial charge in [0.05, 0.1) is 4.90 Å². The number of urea groups is 1. The summed E-state index contributed by atoms with van der Waals surface area (Å²) in [5.41, 5.74) is 0. The van der Waals surface area contributed by atoms with Gasteiger partial charge in [-0.2, -0.15) is 0 Å². The Bertz CT molecular complexity index is 662. The minimum atomic E-state index is -4.03. The van der Waals surface area contributed by atoms with Crippen molar-refractivity contribution in [2.75, 3.05) is 7.05 Å². The predicted molar refractivity (Wildman–Crippen MR) is 70.5 cm³/mol. The molecule has 21 heavy (non-hydrogen) atoms. The molecule has 0 bridgehead atoms. The van der Waals surface area contributed by atoms with Gasteiger partial charge in [-0.1, -0.05) is 0 Å². The van der Waals surface area contributed by atoms with E-state index in [1.54, 1.807) is 0 Å². The van der Waals surface area contributed by atoms with Crippen LogP contribution in [0.3, 0.4) is 0 Å². The molecule has 0 aliphatic heterocycles. The lowest BCUT2D eigenvalue weighted by Crippen LogP contribution is -2.44. The van der Waals surface area contributed by atoms with E-state index < -0.39 is 38.8 Å². The van der Waals surface area contributed by atoms with E-state index >= 15 is 0 Å². The number of nitrogens with one attached hydrogen (secondary N) is 2. The first kappa shape index (κ1) is 16.9. The highest BCUT2D eigenvalue weighted by Crippen LogP contribution is 2.21. The predicted octanol–water partition coefficient (Wildman–Crippen LogP) is -0.304. The van der Waals surface area contributed by atoms with Gasteiger partial charge in [-0.3, -0.25) is 10.1 Å². The van der Waals surface area contributed by atoms with Crippen molar-refractivity contribution in [1.29, 1.82) is 0 Å². The smallest absolute Gasteiger partial charge is 0.321 e. The Balaban J connectivity index is 2.84. The molecule has 0 spiro atoms. The Morgan fingerprint density at radius 1 is 1.38 bits per heavy atom. The zero-order valence-corrected chi connectivity index (χ0v) is 12.0. The van der Waals surface area contributed by atoms with Gasteiger partial charge >= 0.3 is 6.03 Å². The van der Waals surface area contributed by atoms with Gasteiger partial charge < -0.3 is 10.1 Å². The molecule has 0 fully saturated rings. The van der Waals surface area contributed by atoms with Crippen molar-refractivity contribution in [2.24, 2.45) is 5.14 Å². The number of ether oxygens (including phenoxy) is 1. The maximum absolute atomic E-state index is 13.7. The number of rotatable bonds is 4. The van der Waals surface area contributed by atoms with Gasteiger partial charge in [0.2, 0.25) is 10.0 Å². The summed E-state index contributed by atoms with van der Waals surface area (Å²) in [6.07, 6.45) is -1.17. The van der Waals surface area contributed by atoms with Crippen molar-refractivity contribution in [1.82, 2.24) is 10.6 Å². The van der Waals surface area contributed by atoms with Crippen molar-refractivity contribution >= 4 is 22.0 Å². The van der Waals surface area contributed by atoms with Crippen LogP contribution in [0.5, 0.6) is 5.75 Å². The van der Waals surface area contributed by atoms with E-state index in [2.05, 4.69) is 5.32 Å². The van der Waals surface area contributed by atoms with Crippen LogP contribution in [0.4, 0.5) is 9.18 Å². The second-order valence-corrected chi connectivity index (χ2v) is 5.53. The van der Waals surface area contributed by atoms with Crippen LogP contribution in [0.2, 0.25) is 0 Å². The molecule has 4 N–H and O–H groups in total. The lowest BCUT2D eigenvalue weighted by molar-refractivity contribution is -0.126. The van der Waals surface area contributed by atoms with Crippen LogP contribution in [0.1, 0.15) is 6.92 Å². The maximum Gasteiger partial charge on any atom is 0.321 e. The summed E-state index contributed by atoms with van der Waals surface area (Å²) in [6.45, 7) is 1.30. The van der Waals surface area contributed by atoms with Gasteiger partial charge in [0.15, 0.2) is 17.7 Å². The fourth-order valence-electron chi connectivity index (χ4n) is 1.27. The normalized spacial score (nSPS) is 12.4. The van der Waals surface area contributed by atoms with E-state index in [-0.39, 0.29) is 5.75 Å². The molecule has 1 aromatic rings. The zero-order chi connectivity index (χ0) is 16.2. The summed E-state index contributed by atoms with van der Waals surface area (Å²) in [5, 5.41) is 8.97. The Kier molecular flexibility index (Phi) is 5.22. The number of amides is 3. The first-order chi connectivity index (χ1) is 9.65. The molecule has 3 amide bonds. The molecule has 0 heterocycles. The highest BCUT2D eigenvalue weighted by Gasteiger charge is 2.19. The molecule has 0 saturated carbocycles. The molecule has 0 saturated heterocycles. The van der Waals surface area contributed by atoms with Crippen molar-refractivity contribution < 1.29 is 27.1 Å². The fourth-order valence-corrected chi connectivity index (χ4v) is 1.80. The number of carbonyl (C=O) groups is 2. The molecule has 0 aliphatic carbocycles. The Hall–Kier alpha value is -2.20. The average Bonchev–Trinajstić information content (AvgIpc) is 2.39. The van der Waals surface area contributed by atoms with E-state index in [1.807, 2.05) is 5.32 Å². The number of primary sulfonamides is 1. The van der Waals surface area contributed by atoms with Crippen LogP contribution in [-0.4, -0.2) is 33.5 Å². The van der Waals surface area contributed by atoms with Crippen molar-refractivity contribution in [2.45, 2.75) is 17.9 Å². The SMILES string of the molecule is CNC(=O)NC(=O)C(C)Oc1ccc(S(N)(=O)=O)cc1F. The molecule has 1 unspecified atom stereocenters. The van der Waals surface area contributed by atoms with Crippen molar-refractivity contribution in [3.63, 3.8) is 0 Å². The van der Waals surface area contributed by atoms with E-state index in [0.29, 0.717) is 6.07 Å². The van der Waals surface area contributed by atoms with Crippen molar-refractivity contribution in [3.05, 3.63) is 24.0 Å². The van der Waals surface area contributed by atoms with Crippen LogP contribution in [-0.2, 0) is 14.8 Å². The van der Waals surface area contributed by atoms with Gasteiger partial charge in [0, 0.05) is 7.05 Å². The molecule has 8 nitrogen and oxygen atoms in total. The third kappa shape index (κ3) is 4.68. The molecule has 0 radical (unpaired) electrons. The Morgan fingerprint density at radius 3 is 2.48 bits per heavy atom. The van der Waals surface area contributed by atoms with E-state index in [0.717, 1.165) is 12.1 Å². The number of carbonyl (C=O) groups excluding carboxylic acids is 2. The zero-order valence-electron chi connectivity index (χ0n) is 11.2. The molecule has 1 rings (SSSR count). The minimum Gasteiger partial charge on any atom is -0.478 e. The number of imide groups is 1. The van der Waals surface area contributed by atoms with Crippen LogP contribution < -0.4 is 20.5 Å².